The molecule has 0 aromatic heterocycles. The van der Waals surface area contributed by atoms with E-state index in [2.05, 4.69) is 0 Å². The number of carbonyl (C=O) groups is 2. The lowest BCUT2D eigenvalue weighted by atomic mass is 10.1. The normalized spacial score (nSPS) is 24.1. The molecule has 1 rings (SSSR count). The van der Waals surface area contributed by atoms with Crippen LogP contribution in [-0.4, -0.2) is 59.9 Å². The summed E-state index contributed by atoms with van der Waals surface area (Å²) in [7, 11) is -4.71. The second kappa shape index (κ2) is 5.19. The Hall–Kier alpha value is -1.22. The molecule has 0 aromatic rings. The van der Waals surface area contributed by atoms with Crippen molar-refractivity contribution < 1.29 is 32.1 Å². The van der Waals surface area contributed by atoms with Crippen LogP contribution in [0.4, 0.5) is 3.89 Å². The average molecular weight is 283 g/mol. The second-order valence-electron chi connectivity index (χ2n) is 4.35. The molecule has 7 nitrogen and oxygen atoms in total. The van der Waals surface area contributed by atoms with Gasteiger partial charge in [-0.3, -0.25) is 4.79 Å². The summed E-state index contributed by atoms with van der Waals surface area (Å²) < 4.78 is 33.4. The largest absolute Gasteiger partial charge is 0.480 e. The summed E-state index contributed by atoms with van der Waals surface area (Å²) in [4.78, 5) is 23.4. The van der Waals surface area contributed by atoms with E-state index in [1.165, 1.54) is 6.92 Å². The third-order valence-electron chi connectivity index (χ3n) is 2.72. The lowest BCUT2D eigenvalue weighted by Gasteiger charge is -2.26. The smallest absolute Gasteiger partial charge is 0.329 e. The van der Waals surface area contributed by atoms with Crippen LogP contribution in [-0.2, 0) is 19.8 Å². The number of aliphatic hydroxyl groups excluding tert-OH is 1. The number of aliphatic carboxylic acids is 1. The van der Waals surface area contributed by atoms with Gasteiger partial charge < -0.3 is 15.1 Å². The quantitative estimate of drug-likeness (QED) is 0.624. The zero-order valence-corrected chi connectivity index (χ0v) is 10.4. The number of amides is 1. The molecule has 0 saturated carbocycles. The average Bonchev–Trinajstić information content (AvgIpc) is 2.42. The molecule has 0 radical (unpaired) electrons. The topological polar surface area (TPSA) is 112 Å². The molecule has 1 saturated heterocycles. The first-order valence-corrected chi connectivity index (χ1v) is 6.79. The van der Waals surface area contributed by atoms with E-state index < -0.39 is 45.9 Å². The van der Waals surface area contributed by atoms with Gasteiger partial charge in [-0.05, 0) is 6.92 Å². The molecule has 1 fully saturated rings. The van der Waals surface area contributed by atoms with Gasteiger partial charge >= 0.3 is 16.2 Å². The minimum absolute atomic E-state index is 0.191. The number of nitrogens with zero attached hydrogens (tertiary/aromatic N) is 1. The summed E-state index contributed by atoms with van der Waals surface area (Å²) in [6.07, 6.45) is -1.54. The molecule has 2 N–H and O–H groups in total. The number of carbonyl (C=O) groups excluding carboxylic acids is 1. The van der Waals surface area contributed by atoms with Crippen molar-refractivity contribution in [2.24, 2.45) is 5.92 Å². The molecule has 1 amide bonds. The standard InChI is InChI=1S/C9H14FNO6S/c1-5(12)8(9(14)15)11-3-6(2-7(11)13)4-18(10,16)17/h5-6,8,12H,2-4H2,1H3,(H,14,15)/t5-,6?,8-/m0/s1. The number of likely N-dealkylation sites (tertiary alicyclic amines) is 1. The van der Waals surface area contributed by atoms with Crippen molar-refractivity contribution >= 4 is 22.1 Å². The van der Waals surface area contributed by atoms with Crippen molar-refractivity contribution in [1.29, 1.82) is 0 Å². The number of hydrogen-bond donors (Lipinski definition) is 2. The van der Waals surface area contributed by atoms with E-state index in [1.54, 1.807) is 0 Å². The highest BCUT2D eigenvalue weighted by Crippen LogP contribution is 2.23. The molecular weight excluding hydrogens is 269 g/mol. The number of carboxylic acid groups (broad SMARTS) is 1. The number of aliphatic hydroxyl groups is 1. The Bertz CT molecular complexity index is 448. The third kappa shape index (κ3) is 3.64. The molecule has 104 valence electrons. The van der Waals surface area contributed by atoms with Gasteiger partial charge in [0, 0.05) is 18.9 Å². The fourth-order valence-electron chi connectivity index (χ4n) is 2.07. The van der Waals surface area contributed by atoms with Crippen molar-refractivity contribution in [1.82, 2.24) is 4.90 Å². The minimum Gasteiger partial charge on any atom is -0.480 e. The SMILES string of the molecule is C[C@H](O)[C@@H](C(=O)O)N1CC(CS(=O)(=O)F)CC1=O. The van der Waals surface area contributed by atoms with Crippen LogP contribution in [0.2, 0.25) is 0 Å². The molecule has 3 atom stereocenters. The predicted octanol–water partition coefficient (Wildman–Crippen LogP) is -1.03. The molecule has 1 aliphatic heterocycles. The van der Waals surface area contributed by atoms with E-state index in [4.69, 9.17) is 5.11 Å². The summed E-state index contributed by atoms with van der Waals surface area (Å²) in [5.41, 5.74) is 0. The highest BCUT2D eigenvalue weighted by atomic mass is 32.3. The maximum atomic E-state index is 12.5. The van der Waals surface area contributed by atoms with Crippen LogP contribution in [0.1, 0.15) is 13.3 Å². The zero-order chi connectivity index (χ0) is 14.1. The van der Waals surface area contributed by atoms with Crippen LogP contribution in [0.15, 0.2) is 0 Å². The lowest BCUT2D eigenvalue weighted by molar-refractivity contribution is -0.152. The van der Waals surface area contributed by atoms with Gasteiger partial charge in [0.15, 0.2) is 6.04 Å². The van der Waals surface area contributed by atoms with Gasteiger partial charge in [-0.15, -0.1) is 3.89 Å². The Balaban J connectivity index is 2.81. The zero-order valence-electron chi connectivity index (χ0n) is 9.61. The van der Waals surface area contributed by atoms with Crippen LogP contribution in [0.5, 0.6) is 0 Å². The minimum atomic E-state index is -4.71. The van der Waals surface area contributed by atoms with Gasteiger partial charge in [-0.2, -0.15) is 8.42 Å². The Morgan fingerprint density at radius 3 is 2.56 bits per heavy atom. The first-order valence-electron chi connectivity index (χ1n) is 5.24. The van der Waals surface area contributed by atoms with Gasteiger partial charge in [-0.1, -0.05) is 0 Å². The number of hydrogen-bond acceptors (Lipinski definition) is 5. The number of halogens is 1. The monoisotopic (exact) mass is 283 g/mol. The molecule has 18 heavy (non-hydrogen) atoms. The summed E-state index contributed by atoms with van der Waals surface area (Å²) in [6.45, 7) is 1.02. The molecule has 0 aromatic carbocycles. The van der Waals surface area contributed by atoms with E-state index in [1.807, 2.05) is 0 Å². The van der Waals surface area contributed by atoms with E-state index in [9.17, 15) is 27.0 Å². The Kier molecular flexibility index (Phi) is 4.28. The van der Waals surface area contributed by atoms with Gasteiger partial charge in [0.25, 0.3) is 0 Å². The summed E-state index contributed by atoms with van der Waals surface area (Å²) in [6, 6.07) is -1.44. The van der Waals surface area contributed by atoms with E-state index >= 15 is 0 Å². The molecule has 0 spiro atoms. The Morgan fingerprint density at radius 1 is 1.61 bits per heavy atom. The van der Waals surface area contributed by atoms with Gasteiger partial charge in [0.1, 0.15) is 0 Å². The second-order valence-corrected chi connectivity index (χ2v) is 5.76. The van der Waals surface area contributed by atoms with Crippen molar-refractivity contribution in [3.8, 4) is 0 Å². The Morgan fingerprint density at radius 2 is 2.17 bits per heavy atom. The number of rotatable bonds is 5. The number of carboxylic acids is 1. The van der Waals surface area contributed by atoms with Crippen molar-refractivity contribution in [2.45, 2.75) is 25.5 Å². The summed E-state index contributed by atoms with van der Waals surface area (Å²) in [5.74, 6) is -3.59. The summed E-state index contributed by atoms with van der Waals surface area (Å²) in [5, 5.41) is 18.2. The van der Waals surface area contributed by atoms with E-state index in [0.29, 0.717) is 0 Å². The maximum absolute atomic E-state index is 12.5. The molecule has 0 bridgehead atoms. The third-order valence-corrected chi connectivity index (χ3v) is 3.59. The highest BCUT2D eigenvalue weighted by Gasteiger charge is 2.41. The lowest BCUT2D eigenvalue weighted by Crippen LogP contribution is -2.48. The van der Waals surface area contributed by atoms with Crippen LogP contribution < -0.4 is 0 Å². The van der Waals surface area contributed by atoms with Crippen LogP contribution in [0.25, 0.3) is 0 Å². The van der Waals surface area contributed by atoms with E-state index in [0.717, 1.165) is 4.90 Å². The van der Waals surface area contributed by atoms with Gasteiger partial charge in [-0.25, -0.2) is 4.79 Å². The van der Waals surface area contributed by atoms with Crippen LogP contribution in [0.3, 0.4) is 0 Å². The van der Waals surface area contributed by atoms with Crippen LogP contribution in [0, 0.1) is 5.92 Å². The van der Waals surface area contributed by atoms with Crippen molar-refractivity contribution in [3.63, 3.8) is 0 Å². The predicted molar refractivity (Wildman–Crippen MR) is 57.8 cm³/mol. The van der Waals surface area contributed by atoms with Crippen LogP contribution >= 0.6 is 0 Å². The first-order chi connectivity index (χ1) is 8.11. The van der Waals surface area contributed by atoms with E-state index in [-0.39, 0.29) is 13.0 Å². The Labute approximate surface area is 103 Å². The molecular formula is C9H14FNO6S. The summed E-state index contributed by atoms with van der Waals surface area (Å²) >= 11 is 0. The van der Waals surface area contributed by atoms with Gasteiger partial charge in [0.05, 0.1) is 11.9 Å². The molecule has 1 heterocycles. The molecule has 1 aliphatic rings. The first kappa shape index (κ1) is 14.8. The van der Waals surface area contributed by atoms with Gasteiger partial charge in [0.2, 0.25) is 5.91 Å². The van der Waals surface area contributed by atoms with Crippen molar-refractivity contribution in [3.05, 3.63) is 0 Å². The fourth-order valence-corrected chi connectivity index (χ4v) is 2.86. The molecule has 1 unspecified atom stereocenters. The van der Waals surface area contributed by atoms with Crippen molar-refractivity contribution in [2.75, 3.05) is 12.3 Å². The molecule has 0 aliphatic carbocycles. The molecule has 9 heteroatoms. The maximum Gasteiger partial charge on any atom is 0.329 e. The highest BCUT2D eigenvalue weighted by molar-refractivity contribution is 7.86. The fraction of sp³-hybridized carbons (Fsp3) is 0.778.